The van der Waals surface area contributed by atoms with Crippen LogP contribution >= 0.6 is 15.9 Å². The van der Waals surface area contributed by atoms with E-state index in [-0.39, 0.29) is 6.04 Å². The van der Waals surface area contributed by atoms with Crippen LogP contribution in [0.2, 0.25) is 0 Å². The largest absolute Gasteiger partial charge is 0.378 e. The fourth-order valence-electron chi connectivity index (χ4n) is 1.95. The molecule has 0 spiro atoms. The van der Waals surface area contributed by atoms with Crippen molar-refractivity contribution >= 4 is 15.9 Å². The second kappa shape index (κ2) is 5.40. The highest BCUT2D eigenvalue weighted by atomic mass is 79.9. The number of halogens is 1. The molecule has 3 rings (SSSR count). The molecule has 1 aromatic heterocycles. The van der Waals surface area contributed by atoms with Crippen LogP contribution in [0.3, 0.4) is 0 Å². The second-order valence-electron chi connectivity index (χ2n) is 4.50. The number of aryl methyl sites for hydroxylation is 1. The predicted molar refractivity (Wildman–Crippen MR) is 73.7 cm³/mol. The van der Waals surface area contributed by atoms with E-state index in [9.17, 15) is 0 Å². The van der Waals surface area contributed by atoms with Crippen molar-refractivity contribution in [3.63, 3.8) is 0 Å². The first kappa shape index (κ1) is 12.8. The monoisotopic (exact) mass is 323 g/mol. The van der Waals surface area contributed by atoms with Crippen LogP contribution in [0.4, 0.5) is 0 Å². The van der Waals surface area contributed by atoms with Crippen molar-refractivity contribution in [2.45, 2.75) is 13.0 Å². The summed E-state index contributed by atoms with van der Waals surface area (Å²) in [6.07, 6.45) is 0. The van der Waals surface area contributed by atoms with Crippen LogP contribution in [-0.2, 0) is 4.74 Å². The number of morpholine rings is 1. The molecule has 6 heteroatoms. The van der Waals surface area contributed by atoms with E-state index < -0.39 is 0 Å². The molecule has 2 heterocycles. The molecule has 1 aliphatic heterocycles. The Morgan fingerprint density at radius 3 is 3.05 bits per heavy atom. The third kappa shape index (κ3) is 2.70. The molecule has 100 valence electrons. The molecule has 0 saturated carbocycles. The van der Waals surface area contributed by atoms with Gasteiger partial charge in [0, 0.05) is 16.6 Å². The Kier molecular flexibility index (Phi) is 3.63. The summed E-state index contributed by atoms with van der Waals surface area (Å²) in [7, 11) is 0. The van der Waals surface area contributed by atoms with Gasteiger partial charge in [0.1, 0.15) is 0 Å². The standard InChI is InChI=1S/C13H14BrN3O2/c1-8-2-3-9(6-10(8)14)13-16-12(17-19-13)11-7-18-5-4-15-11/h2-3,6,11,15H,4-5,7H2,1H3. The zero-order valence-corrected chi connectivity index (χ0v) is 12.1. The smallest absolute Gasteiger partial charge is 0.258 e. The molecule has 0 aliphatic carbocycles. The van der Waals surface area contributed by atoms with Crippen LogP contribution in [0.15, 0.2) is 27.2 Å². The molecule has 19 heavy (non-hydrogen) atoms. The first-order chi connectivity index (χ1) is 9.24. The van der Waals surface area contributed by atoms with Crippen LogP contribution in [0.5, 0.6) is 0 Å². The maximum absolute atomic E-state index is 5.39. The molecule has 1 unspecified atom stereocenters. The van der Waals surface area contributed by atoms with E-state index in [1.807, 2.05) is 25.1 Å². The number of hydrogen-bond acceptors (Lipinski definition) is 5. The molecule has 0 bridgehead atoms. The van der Waals surface area contributed by atoms with Crippen LogP contribution in [0.25, 0.3) is 11.5 Å². The van der Waals surface area contributed by atoms with Gasteiger partial charge in [0.25, 0.3) is 5.89 Å². The lowest BCUT2D eigenvalue weighted by molar-refractivity contribution is 0.0734. The summed E-state index contributed by atoms with van der Waals surface area (Å²) in [6.45, 7) is 4.16. The molecule has 1 fully saturated rings. The lowest BCUT2D eigenvalue weighted by atomic mass is 10.1. The van der Waals surface area contributed by atoms with Gasteiger partial charge in [-0.2, -0.15) is 4.98 Å². The summed E-state index contributed by atoms with van der Waals surface area (Å²) in [5, 5.41) is 7.33. The summed E-state index contributed by atoms with van der Waals surface area (Å²) >= 11 is 3.50. The summed E-state index contributed by atoms with van der Waals surface area (Å²) in [4.78, 5) is 4.43. The highest BCUT2D eigenvalue weighted by Crippen LogP contribution is 2.25. The number of aromatic nitrogens is 2. The third-order valence-electron chi connectivity index (χ3n) is 3.09. The van der Waals surface area contributed by atoms with Gasteiger partial charge in [-0.3, -0.25) is 0 Å². The van der Waals surface area contributed by atoms with E-state index in [2.05, 4.69) is 31.4 Å². The Labute approximate surface area is 119 Å². The Morgan fingerprint density at radius 1 is 1.42 bits per heavy atom. The van der Waals surface area contributed by atoms with Gasteiger partial charge in [0.15, 0.2) is 5.82 Å². The minimum Gasteiger partial charge on any atom is -0.378 e. The maximum Gasteiger partial charge on any atom is 0.258 e. The minimum absolute atomic E-state index is 0.0140. The van der Waals surface area contributed by atoms with Gasteiger partial charge in [-0.25, -0.2) is 0 Å². The lowest BCUT2D eigenvalue weighted by Gasteiger charge is -2.20. The van der Waals surface area contributed by atoms with E-state index in [0.29, 0.717) is 18.3 Å². The van der Waals surface area contributed by atoms with Gasteiger partial charge in [-0.15, -0.1) is 0 Å². The molecular weight excluding hydrogens is 310 g/mol. The molecular formula is C13H14BrN3O2. The maximum atomic E-state index is 5.39. The SMILES string of the molecule is Cc1ccc(-c2nc(C3COCCN3)no2)cc1Br. The molecule has 2 aromatic rings. The van der Waals surface area contributed by atoms with E-state index in [1.165, 1.54) is 5.56 Å². The van der Waals surface area contributed by atoms with Crippen molar-refractivity contribution in [1.29, 1.82) is 0 Å². The normalized spacial score (nSPS) is 19.6. The quantitative estimate of drug-likeness (QED) is 0.920. The molecule has 5 nitrogen and oxygen atoms in total. The summed E-state index contributed by atoms with van der Waals surface area (Å²) in [5.41, 5.74) is 2.08. The number of rotatable bonds is 2. The molecule has 1 aliphatic rings. The van der Waals surface area contributed by atoms with Crippen molar-refractivity contribution in [2.75, 3.05) is 19.8 Å². The van der Waals surface area contributed by atoms with E-state index in [1.54, 1.807) is 0 Å². The fraction of sp³-hybridized carbons (Fsp3) is 0.385. The topological polar surface area (TPSA) is 60.2 Å². The Balaban J connectivity index is 1.85. The van der Waals surface area contributed by atoms with Gasteiger partial charge in [0.05, 0.1) is 19.3 Å². The molecule has 1 saturated heterocycles. The third-order valence-corrected chi connectivity index (χ3v) is 3.95. The summed E-state index contributed by atoms with van der Waals surface area (Å²) < 4.78 is 11.7. The fourth-order valence-corrected chi connectivity index (χ4v) is 2.33. The molecule has 0 amide bonds. The average Bonchev–Trinajstić information content (AvgIpc) is 2.93. The van der Waals surface area contributed by atoms with Crippen molar-refractivity contribution < 1.29 is 9.26 Å². The minimum atomic E-state index is 0.0140. The number of nitrogens with one attached hydrogen (secondary N) is 1. The Bertz CT molecular complexity index is 579. The Morgan fingerprint density at radius 2 is 2.32 bits per heavy atom. The lowest BCUT2D eigenvalue weighted by Crippen LogP contribution is -2.35. The average molecular weight is 324 g/mol. The van der Waals surface area contributed by atoms with Crippen LogP contribution in [0.1, 0.15) is 17.4 Å². The van der Waals surface area contributed by atoms with Crippen LogP contribution in [-0.4, -0.2) is 29.9 Å². The number of nitrogens with zero attached hydrogens (tertiary/aromatic N) is 2. The molecule has 1 atom stereocenters. The summed E-state index contributed by atoms with van der Waals surface area (Å²) in [6, 6.07) is 5.99. The van der Waals surface area contributed by atoms with Gasteiger partial charge >= 0.3 is 0 Å². The highest BCUT2D eigenvalue weighted by molar-refractivity contribution is 9.10. The van der Waals surface area contributed by atoms with Gasteiger partial charge in [-0.05, 0) is 24.6 Å². The van der Waals surface area contributed by atoms with E-state index in [0.717, 1.165) is 23.2 Å². The molecule has 1 aromatic carbocycles. The second-order valence-corrected chi connectivity index (χ2v) is 5.36. The zero-order chi connectivity index (χ0) is 13.2. The molecule has 1 N–H and O–H groups in total. The van der Waals surface area contributed by atoms with Gasteiger partial charge in [-0.1, -0.05) is 27.2 Å². The first-order valence-corrected chi connectivity index (χ1v) is 6.94. The number of benzene rings is 1. The highest BCUT2D eigenvalue weighted by Gasteiger charge is 2.21. The first-order valence-electron chi connectivity index (χ1n) is 6.15. The molecule has 0 radical (unpaired) electrons. The number of ether oxygens (including phenoxy) is 1. The number of hydrogen-bond donors (Lipinski definition) is 1. The van der Waals surface area contributed by atoms with Crippen LogP contribution < -0.4 is 5.32 Å². The van der Waals surface area contributed by atoms with Crippen LogP contribution in [0, 0.1) is 6.92 Å². The zero-order valence-electron chi connectivity index (χ0n) is 10.5. The van der Waals surface area contributed by atoms with E-state index >= 15 is 0 Å². The summed E-state index contributed by atoms with van der Waals surface area (Å²) in [5.74, 6) is 1.18. The Hall–Kier alpha value is -1.24. The van der Waals surface area contributed by atoms with Gasteiger partial charge < -0.3 is 14.6 Å². The van der Waals surface area contributed by atoms with Crippen molar-refractivity contribution in [3.05, 3.63) is 34.1 Å². The predicted octanol–water partition coefficient (Wildman–Crippen LogP) is 2.47. The van der Waals surface area contributed by atoms with Crippen molar-refractivity contribution in [2.24, 2.45) is 0 Å². The van der Waals surface area contributed by atoms with Crippen molar-refractivity contribution in [3.8, 4) is 11.5 Å². The van der Waals surface area contributed by atoms with Crippen molar-refractivity contribution in [1.82, 2.24) is 15.5 Å². The van der Waals surface area contributed by atoms with E-state index in [4.69, 9.17) is 9.26 Å². The van der Waals surface area contributed by atoms with Gasteiger partial charge in [0.2, 0.25) is 0 Å².